The van der Waals surface area contributed by atoms with E-state index >= 15 is 0 Å². The molecule has 0 atom stereocenters. The molecule has 10 heteroatoms. The van der Waals surface area contributed by atoms with Gasteiger partial charge in [0, 0.05) is 57.3 Å². The molecule has 0 heterocycles. The molecule has 1 aromatic carbocycles. The van der Waals surface area contributed by atoms with E-state index in [1.54, 1.807) is 14.0 Å². The zero-order valence-electron chi connectivity index (χ0n) is 23.0. The molecule has 0 aromatic heterocycles. The number of carbonyl (C=O) groups is 1. The van der Waals surface area contributed by atoms with Crippen molar-refractivity contribution in [3.63, 3.8) is 0 Å². The molecule has 0 unspecified atom stereocenters. The van der Waals surface area contributed by atoms with Gasteiger partial charge in [-0.15, -0.1) is 0 Å². The molecule has 0 aliphatic heterocycles. The van der Waals surface area contributed by atoms with Crippen LogP contribution in [0.5, 0.6) is 5.75 Å². The number of Topliss-reactive ketones (excluding diaryl/α,β-unsaturated/α-hetero) is 1. The van der Waals surface area contributed by atoms with Gasteiger partial charge in [-0.3, -0.25) is 4.79 Å². The van der Waals surface area contributed by atoms with Gasteiger partial charge in [0.1, 0.15) is 5.75 Å². The number of rotatable bonds is 20. The molecule has 0 N–H and O–H groups in total. The van der Waals surface area contributed by atoms with E-state index < -0.39 is 17.6 Å². The molecule has 0 fully saturated rings. The number of ether oxygens (including phenoxy) is 1. The van der Waals surface area contributed by atoms with Gasteiger partial charge in [0.15, 0.2) is 5.78 Å². The van der Waals surface area contributed by atoms with Gasteiger partial charge >= 0.3 is 17.6 Å². The van der Waals surface area contributed by atoms with Crippen LogP contribution in [-0.2, 0) is 39.4 Å². The van der Waals surface area contributed by atoms with Crippen LogP contribution in [0.4, 0.5) is 0 Å². The summed E-state index contributed by atoms with van der Waals surface area (Å²) in [6.07, 6.45) is 1.16. The smallest absolute Gasteiger partial charge is 0.497 e. The summed E-state index contributed by atoms with van der Waals surface area (Å²) in [4.78, 5) is 12.9. The maximum absolute atomic E-state index is 12.9. The van der Waals surface area contributed by atoms with E-state index in [1.165, 1.54) is 0 Å². The molecular weight excluding hydrogens is 484 g/mol. The van der Waals surface area contributed by atoms with E-state index in [1.807, 2.05) is 53.7 Å². The highest BCUT2D eigenvalue weighted by molar-refractivity contribution is 6.61. The summed E-state index contributed by atoms with van der Waals surface area (Å²) in [5.41, 5.74) is 2.50. The van der Waals surface area contributed by atoms with Crippen LogP contribution in [-0.4, -0.2) is 70.1 Å². The Morgan fingerprint density at radius 2 is 0.971 bits per heavy atom. The van der Waals surface area contributed by atoms with Crippen LogP contribution in [0, 0.1) is 0 Å². The summed E-state index contributed by atoms with van der Waals surface area (Å²) in [5, 5.41) is 0. The molecule has 0 bridgehead atoms. The average Bonchev–Trinajstić information content (AvgIpc) is 2.82. The predicted molar refractivity (Wildman–Crippen MR) is 141 cm³/mol. The van der Waals surface area contributed by atoms with Crippen molar-refractivity contribution in [3.8, 4) is 5.75 Å². The lowest BCUT2D eigenvalue weighted by Crippen LogP contribution is -2.46. The van der Waals surface area contributed by atoms with Crippen LogP contribution in [0.3, 0.4) is 0 Å². The molecule has 0 saturated carbocycles. The van der Waals surface area contributed by atoms with Crippen molar-refractivity contribution in [2.75, 3.05) is 46.8 Å². The van der Waals surface area contributed by atoms with Gasteiger partial charge in [0.2, 0.25) is 0 Å². The molecule has 0 aliphatic rings. The van der Waals surface area contributed by atoms with Crippen molar-refractivity contribution in [2.45, 2.75) is 73.4 Å². The number of benzene rings is 1. The average molecular weight is 531 g/mol. The van der Waals surface area contributed by atoms with Crippen LogP contribution >= 0.6 is 0 Å². The fourth-order valence-electron chi connectivity index (χ4n) is 4.28. The maximum Gasteiger partial charge on any atom is 0.501 e. The molecule has 8 nitrogen and oxygen atoms in total. The molecule has 1 aromatic rings. The lowest BCUT2D eigenvalue weighted by atomic mass is 9.94. The van der Waals surface area contributed by atoms with E-state index in [2.05, 4.69) is 0 Å². The molecule has 202 valence electrons. The first-order valence-corrected chi connectivity index (χ1v) is 16.7. The maximum atomic E-state index is 12.9. The summed E-state index contributed by atoms with van der Waals surface area (Å²) >= 11 is 0. The zero-order valence-corrected chi connectivity index (χ0v) is 25.0. The van der Waals surface area contributed by atoms with Crippen molar-refractivity contribution in [1.29, 1.82) is 0 Å². The third-order valence-corrected chi connectivity index (χ3v) is 11.5. The highest BCUT2D eigenvalue weighted by atomic mass is 28.4. The van der Waals surface area contributed by atoms with Crippen LogP contribution in [0.1, 0.15) is 70.0 Å². The topological polar surface area (TPSA) is 81.7 Å². The Morgan fingerprint density at radius 1 is 0.657 bits per heavy atom. The molecule has 1 rings (SSSR count). The fourth-order valence-corrected chi connectivity index (χ4v) is 9.43. The number of carbonyl (C=O) groups excluding carboxylic acids is 1. The summed E-state index contributed by atoms with van der Waals surface area (Å²) in [6.45, 7) is 16.3. The lowest BCUT2D eigenvalue weighted by Gasteiger charge is -2.29. The standard InChI is InChI=1S/C25H46O8Si2/c1-9-28-34(29-10-2,30-11-3)17-15-22-19-24(27-8)20-23(25(22)21(7)26)16-18-35(31-12-4,32-13-5)33-14-6/h19-20H,9-18H2,1-8H3. The first-order valence-electron chi connectivity index (χ1n) is 12.8. The van der Waals surface area contributed by atoms with Crippen molar-refractivity contribution in [1.82, 2.24) is 0 Å². The fraction of sp³-hybridized carbons (Fsp3) is 0.720. The van der Waals surface area contributed by atoms with Crippen LogP contribution < -0.4 is 4.74 Å². The van der Waals surface area contributed by atoms with Crippen LogP contribution in [0.25, 0.3) is 0 Å². The second kappa shape index (κ2) is 16.6. The second-order valence-electron chi connectivity index (χ2n) is 7.84. The molecule has 0 saturated heterocycles. The van der Waals surface area contributed by atoms with Crippen molar-refractivity contribution >= 4 is 23.4 Å². The largest absolute Gasteiger partial charge is 0.501 e. The van der Waals surface area contributed by atoms with Crippen molar-refractivity contribution in [2.24, 2.45) is 0 Å². The molecular formula is C25H46O8Si2. The van der Waals surface area contributed by atoms with Gasteiger partial charge in [-0.05, 0) is 84.6 Å². The normalized spacial score (nSPS) is 12.2. The molecule has 0 aliphatic carbocycles. The highest BCUT2D eigenvalue weighted by Gasteiger charge is 2.41. The van der Waals surface area contributed by atoms with Gasteiger partial charge in [-0.1, -0.05) is 0 Å². The number of aryl methyl sites for hydroxylation is 2. The minimum absolute atomic E-state index is 0.00523. The summed E-state index contributed by atoms with van der Waals surface area (Å²) in [7, 11) is -4.10. The van der Waals surface area contributed by atoms with Gasteiger partial charge in [-0.2, -0.15) is 0 Å². The highest BCUT2D eigenvalue weighted by Crippen LogP contribution is 2.30. The Labute approximate surface area is 214 Å². The zero-order chi connectivity index (χ0) is 26.3. The quantitative estimate of drug-likeness (QED) is 0.171. The Kier molecular flexibility index (Phi) is 15.1. The van der Waals surface area contributed by atoms with E-state index in [0.717, 1.165) is 11.1 Å². The Bertz CT molecular complexity index is 674. The van der Waals surface area contributed by atoms with E-state index in [-0.39, 0.29) is 5.78 Å². The first-order chi connectivity index (χ1) is 16.8. The van der Waals surface area contributed by atoms with E-state index in [9.17, 15) is 4.79 Å². The monoisotopic (exact) mass is 530 g/mol. The van der Waals surface area contributed by atoms with Gasteiger partial charge in [0.05, 0.1) is 7.11 Å². The van der Waals surface area contributed by atoms with Crippen molar-refractivity contribution in [3.05, 3.63) is 28.8 Å². The van der Waals surface area contributed by atoms with Crippen molar-refractivity contribution < 1.29 is 36.1 Å². The van der Waals surface area contributed by atoms with Gasteiger partial charge in [0.25, 0.3) is 0 Å². The van der Waals surface area contributed by atoms with Gasteiger partial charge < -0.3 is 31.3 Å². The predicted octanol–water partition coefficient (Wildman–Crippen LogP) is 5.08. The number of methoxy groups -OCH3 is 1. The van der Waals surface area contributed by atoms with Crippen LogP contribution in [0.15, 0.2) is 12.1 Å². The Balaban J connectivity index is 3.37. The minimum atomic E-state index is -2.87. The Morgan fingerprint density at radius 3 is 1.20 bits per heavy atom. The molecule has 0 amide bonds. The first kappa shape index (κ1) is 31.9. The molecule has 0 spiro atoms. The van der Waals surface area contributed by atoms with Crippen LogP contribution in [0.2, 0.25) is 12.1 Å². The molecule has 35 heavy (non-hydrogen) atoms. The summed E-state index contributed by atoms with van der Waals surface area (Å²) < 4.78 is 41.8. The van der Waals surface area contributed by atoms with E-state index in [4.69, 9.17) is 31.3 Å². The third-order valence-electron chi connectivity index (χ3n) is 5.45. The number of ketones is 1. The minimum Gasteiger partial charge on any atom is -0.497 e. The lowest BCUT2D eigenvalue weighted by molar-refractivity contribution is 0.0707. The summed E-state index contributed by atoms with van der Waals surface area (Å²) in [6, 6.07) is 5.01. The second-order valence-corrected chi connectivity index (χ2v) is 13.3. The van der Waals surface area contributed by atoms with Gasteiger partial charge in [-0.25, -0.2) is 0 Å². The Hall–Kier alpha value is -1.12. The number of hydrogen-bond donors (Lipinski definition) is 0. The SMILES string of the molecule is CCO[Si](CCc1cc(OC)cc(CC[Si](OCC)(OCC)OCC)c1C(C)=O)(OCC)OCC. The summed E-state index contributed by atoms with van der Waals surface area (Å²) in [5.74, 6) is 0.707. The third kappa shape index (κ3) is 9.69. The number of hydrogen-bond acceptors (Lipinski definition) is 8. The van der Waals surface area contributed by atoms with E-state index in [0.29, 0.717) is 75.9 Å². The molecule has 0 radical (unpaired) electrons.